The zero-order chi connectivity index (χ0) is 11.7. The molecule has 5 nitrogen and oxygen atoms in total. The van der Waals surface area contributed by atoms with Crippen molar-refractivity contribution in [2.24, 2.45) is 0 Å². The van der Waals surface area contributed by atoms with Crippen molar-refractivity contribution in [1.82, 2.24) is 19.4 Å². The Morgan fingerprint density at radius 1 is 1.47 bits per heavy atom. The van der Waals surface area contributed by atoms with E-state index in [0.29, 0.717) is 12.1 Å². The number of aliphatic hydroxyl groups excluding tert-OH is 1. The average molecular weight is 246 g/mol. The summed E-state index contributed by atoms with van der Waals surface area (Å²) in [7, 11) is 0. The number of aliphatic hydroxyl groups is 1. The Morgan fingerprint density at radius 3 is 3.18 bits per heavy atom. The molecule has 0 spiro atoms. The fourth-order valence-electron chi connectivity index (χ4n) is 1.68. The molecule has 1 N–H and O–H groups in total. The minimum atomic E-state index is -0.636. The lowest BCUT2D eigenvalue weighted by Gasteiger charge is -2.06. The topological polar surface area (TPSA) is 63.3 Å². The van der Waals surface area contributed by atoms with Crippen LogP contribution in [0, 0.1) is 0 Å². The van der Waals surface area contributed by atoms with Crippen molar-refractivity contribution in [1.29, 1.82) is 0 Å². The molecule has 1 atom stereocenters. The Kier molecular flexibility index (Phi) is 2.58. The van der Waals surface area contributed by atoms with Crippen LogP contribution >= 0.6 is 11.3 Å². The van der Waals surface area contributed by atoms with Crippen LogP contribution < -0.4 is 0 Å². The van der Waals surface area contributed by atoms with Gasteiger partial charge < -0.3 is 5.11 Å². The van der Waals surface area contributed by atoms with Gasteiger partial charge in [0.05, 0.1) is 11.4 Å². The van der Waals surface area contributed by atoms with Gasteiger partial charge in [0.15, 0.2) is 4.96 Å². The van der Waals surface area contributed by atoms with Crippen LogP contribution in [0.5, 0.6) is 0 Å². The van der Waals surface area contributed by atoms with Crippen LogP contribution in [0.25, 0.3) is 4.96 Å². The first-order valence-electron chi connectivity index (χ1n) is 5.18. The standard InChI is InChI=1S/C11H10N4OS/c16-10(9-1-2-12-7-13-9)5-8-6-15-3-4-17-11(15)14-8/h1-4,6-7,10,16H,5H2. The van der Waals surface area contributed by atoms with Crippen LogP contribution in [0.2, 0.25) is 0 Å². The molecule has 0 radical (unpaired) electrons. The van der Waals surface area contributed by atoms with Crippen LogP contribution in [0.3, 0.4) is 0 Å². The molecule has 3 aromatic rings. The molecule has 0 fully saturated rings. The summed E-state index contributed by atoms with van der Waals surface area (Å²) in [6.07, 6.45) is 6.76. The Morgan fingerprint density at radius 2 is 2.41 bits per heavy atom. The minimum absolute atomic E-state index is 0.464. The van der Waals surface area contributed by atoms with Gasteiger partial charge in [0.25, 0.3) is 0 Å². The van der Waals surface area contributed by atoms with Gasteiger partial charge >= 0.3 is 0 Å². The summed E-state index contributed by atoms with van der Waals surface area (Å²) in [5.74, 6) is 0. The molecule has 0 aliphatic heterocycles. The number of fused-ring (bicyclic) bond motifs is 1. The van der Waals surface area contributed by atoms with E-state index >= 15 is 0 Å². The van der Waals surface area contributed by atoms with Crippen LogP contribution in [0.4, 0.5) is 0 Å². The largest absolute Gasteiger partial charge is 0.386 e. The Balaban J connectivity index is 1.81. The third-order valence-corrected chi connectivity index (χ3v) is 3.26. The molecule has 3 aromatic heterocycles. The first kappa shape index (κ1) is 10.4. The smallest absolute Gasteiger partial charge is 0.193 e. The SMILES string of the molecule is OC(Cc1cn2ccsc2n1)c1ccncn1. The van der Waals surface area contributed by atoms with Crippen molar-refractivity contribution in [3.8, 4) is 0 Å². The molecule has 3 heterocycles. The van der Waals surface area contributed by atoms with E-state index in [1.165, 1.54) is 6.33 Å². The number of nitrogens with zero attached hydrogens (tertiary/aromatic N) is 4. The first-order valence-corrected chi connectivity index (χ1v) is 6.06. The maximum atomic E-state index is 10.0. The van der Waals surface area contributed by atoms with E-state index in [2.05, 4.69) is 15.0 Å². The third kappa shape index (κ3) is 2.04. The molecule has 86 valence electrons. The van der Waals surface area contributed by atoms with Crippen LogP contribution in [-0.4, -0.2) is 24.5 Å². The predicted octanol–water partition coefficient (Wildman–Crippen LogP) is 1.46. The second-order valence-electron chi connectivity index (χ2n) is 3.68. The van der Waals surface area contributed by atoms with Crippen molar-refractivity contribution >= 4 is 16.3 Å². The van der Waals surface area contributed by atoms with Crippen molar-refractivity contribution < 1.29 is 5.11 Å². The lowest BCUT2D eigenvalue weighted by molar-refractivity contribution is 0.172. The summed E-state index contributed by atoms with van der Waals surface area (Å²) in [5.41, 5.74) is 1.49. The van der Waals surface area contributed by atoms with Crippen LogP contribution in [-0.2, 0) is 6.42 Å². The van der Waals surface area contributed by atoms with Crippen molar-refractivity contribution in [3.05, 3.63) is 47.8 Å². The van der Waals surface area contributed by atoms with Crippen LogP contribution in [0.15, 0.2) is 36.4 Å². The van der Waals surface area contributed by atoms with Crippen molar-refractivity contribution in [3.63, 3.8) is 0 Å². The second-order valence-corrected chi connectivity index (χ2v) is 4.55. The average Bonchev–Trinajstić information content (AvgIpc) is 2.90. The van der Waals surface area contributed by atoms with E-state index in [-0.39, 0.29) is 0 Å². The Hall–Kier alpha value is -1.79. The predicted molar refractivity (Wildman–Crippen MR) is 63.8 cm³/mol. The summed E-state index contributed by atoms with van der Waals surface area (Å²) in [5, 5.41) is 12.0. The molecule has 17 heavy (non-hydrogen) atoms. The molecular weight excluding hydrogens is 236 g/mol. The second kappa shape index (κ2) is 4.23. The highest BCUT2D eigenvalue weighted by molar-refractivity contribution is 7.15. The van der Waals surface area contributed by atoms with Crippen molar-refractivity contribution in [2.45, 2.75) is 12.5 Å². The highest BCUT2D eigenvalue weighted by Crippen LogP contribution is 2.17. The van der Waals surface area contributed by atoms with E-state index in [1.54, 1.807) is 23.6 Å². The Bertz CT molecular complexity index is 590. The van der Waals surface area contributed by atoms with E-state index in [1.807, 2.05) is 22.2 Å². The highest BCUT2D eigenvalue weighted by atomic mass is 32.1. The van der Waals surface area contributed by atoms with E-state index in [4.69, 9.17) is 0 Å². The molecule has 0 amide bonds. The maximum Gasteiger partial charge on any atom is 0.193 e. The van der Waals surface area contributed by atoms with Gasteiger partial charge in [-0.15, -0.1) is 11.3 Å². The normalized spacial score (nSPS) is 13.0. The molecule has 0 saturated heterocycles. The molecule has 3 rings (SSSR count). The summed E-state index contributed by atoms with van der Waals surface area (Å²) < 4.78 is 1.95. The summed E-state index contributed by atoms with van der Waals surface area (Å²) in [6.45, 7) is 0. The summed E-state index contributed by atoms with van der Waals surface area (Å²) in [4.78, 5) is 13.2. The molecule has 1 unspecified atom stereocenters. The number of aromatic nitrogens is 4. The zero-order valence-corrected chi connectivity index (χ0v) is 9.71. The van der Waals surface area contributed by atoms with Gasteiger partial charge in [0.1, 0.15) is 12.4 Å². The molecule has 0 aliphatic rings. The number of thiazole rings is 1. The van der Waals surface area contributed by atoms with Gasteiger partial charge in [-0.1, -0.05) is 0 Å². The molecule has 6 heteroatoms. The van der Waals surface area contributed by atoms with Gasteiger partial charge in [0.2, 0.25) is 0 Å². The van der Waals surface area contributed by atoms with E-state index < -0.39 is 6.10 Å². The minimum Gasteiger partial charge on any atom is -0.386 e. The first-order chi connectivity index (χ1) is 8.33. The summed E-state index contributed by atoms with van der Waals surface area (Å²) in [6, 6.07) is 1.71. The monoisotopic (exact) mass is 246 g/mol. The van der Waals surface area contributed by atoms with Gasteiger partial charge in [0, 0.05) is 30.4 Å². The number of imidazole rings is 1. The molecule has 0 saturated carbocycles. The lowest BCUT2D eigenvalue weighted by atomic mass is 10.1. The third-order valence-electron chi connectivity index (χ3n) is 2.49. The maximum absolute atomic E-state index is 10.0. The van der Waals surface area contributed by atoms with E-state index in [9.17, 15) is 5.11 Å². The molecule has 0 bridgehead atoms. The van der Waals surface area contributed by atoms with Gasteiger partial charge in [-0.25, -0.2) is 15.0 Å². The molecular formula is C11H10N4OS. The molecule has 0 aromatic carbocycles. The van der Waals surface area contributed by atoms with Gasteiger partial charge in [-0.3, -0.25) is 4.40 Å². The lowest BCUT2D eigenvalue weighted by Crippen LogP contribution is -2.04. The quantitative estimate of drug-likeness (QED) is 0.760. The summed E-state index contributed by atoms with van der Waals surface area (Å²) >= 11 is 1.58. The fraction of sp³-hybridized carbons (Fsp3) is 0.182. The Labute approximate surface area is 101 Å². The highest BCUT2D eigenvalue weighted by Gasteiger charge is 2.12. The molecule has 0 aliphatic carbocycles. The van der Waals surface area contributed by atoms with E-state index in [0.717, 1.165) is 10.7 Å². The van der Waals surface area contributed by atoms with Crippen molar-refractivity contribution in [2.75, 3.05) is 0 Å². The fourth-order valence-corrected chi connectivity index (χ4v) is 2.39. The number of hydrogen-bond donors (Lipinski definition) is 1. The zero-order valence-electron chi connectivity index (χ0n) is 8.89. The van der Waals surface area contributed by atoms with Crippen LogP contribution in [0.1, 0.15) is 17.5 Å². The number of hydrogen-bond acceptors (Lipinski definition) is 5. The number of rotatable bonds is 3. The van der Waals surface area contributed by atoms with Gasteiger partial charge in [-0.2, -0.15) is 0 Å². The van der Waals surface area contributed by atoms with Gasteiger partial charge in [-0.05, 0) is 6.07 Å².